The molecule has 1 fully saturated rings. The summed E-state index contributed by atoms with van der Waals surface area (Å²) in [5.74, 6) is 0. The van der Waals surface area contributed by atoms with Crippen molar-refractivity contribution in [2.75, 3.05) is 13.1 Å². The quantitative estimate of drug-likeness (QED) is 0.881. The highest BCUT2D eigenvalue weighted by atomic mass is 15.3. The second-order valence-electron chi connectivity index (χ2n) is 6.18. The van der Waals surface area contributed by atoms with Crippen molar-refractivity contribution < 1.29 is 0 Å². The molecule has 1 aromatic heterocycles. The summed E-state index contributed by atoms with van der Waals surface area (Å²) in [5, 5.41) is 8.27. The smallest absolute Gasteiger partial charge is 0.0634 e. The molecule has 1 aliphatic heterocycles. The van der Waals surface area contributed by atoms with Crippen molar-refractivity contribution in [2.24, 2.45) is 0 Å². The van der Waals surface area contributed by atoms with Crippen LogP contribution in [0.25, 0.3) is 0 Å². The SMILES string of the molecule is CCC(CC)n1ccc(CC2(c3ccccc3)CNC2)n1. The Kier molecular flexibility index (Phi) is 4.11. The van der Waals surface area contributed by atoms with Crippen LogP contribution in [-0.2, 0) is 11.8 Å². The van der Waals surface area contributed by atoms with Crippen molar-refractivity contribution in [1.82, 2.24) is 15.1 Å². The Hall–Kier alpha value is -1.61. The van der Waals surface area contributed by atoms with Crippen LogP contribution in [0.4, 0.5) is 0 Å². The molecule has 1 aliphatic rings. The molecule has 1 saturated heterocycles. The maximum atomic E-state index is 4.83. The van der Waals surface area contributed by atoms with Gasteiger partial charge in [-0.05, 0) is 24.5 Å². The van der Waals surface area contributed by atoms with Gasteiger partial charge in [0.25, 0.3) is 0 Å². The van der Waals surface area contributed by atoms with E-state index in [9.17, 15) is 0 Å². The number of nitrogens with one attached hydrogen (secondary N) is 1. The summed E-state index contributed by atoms with van der Waals surface area (Å²) in [4.78, 5) is 0. The van der Waals surface area contributed by atoms with Gasteiger partial charge in [0.1, 0.15) is 0 Å². The highest BCUT2D eigenvalue weighted by Crippen LogP contribution is 2.32. The third-order valence-electron chi connectivity index (χ3n) is 4.81. The van der Waals surface area contributed by atoms with E-state index in [0.717, 1.165) is 32.4 Å². The van der Waals surface area contributed by atoms with Crippen LogP contribution in [0.2, 0.25) is 0 Å². The maximum Gasteiger partial charge on any atom is 0.0634 e. The van der Waals surface area contributed by atoms with E-state index in [1.165, 1.54) is 11.3 Å². The Morgan fingerprint density at radius 2 is 1.86 bits per heavy atom. The van der Waals surface area contributed by atoms with Crippen LogP contribution in [0, 0.1) is 0 Å². The normalized spacial score (nSPS) is 16.9. The van der Waals surface area contributed by atoms with E-state index in [0.29, 0.717) is 6.04 Å². The first-order valence-corrected chi connectivity index (χ1v) is 8.07. The first-order chi connectivity index (χ1) is 10.3. The van der Waals surface area contributed by atoms with Gasteiger partial charge >= 0.3 is 0 Å². The Labute approximate surface area is 127 Å². The van der Waals surface area contributed by atoms with Crippen molar-refractivity contribution in [3.8, 4) is 0 Å². The average Bonchev–Trinajstić information content (AvgIpc) is 2.93. The maximum absolute atomic E-state index is 4.83. The van der Waals surface area contributed by atoms with Gasteiger partial charge in [-0.2, -0.15) is 5.10 Å². The fraction of sp³-hybridized carbons (Fsp3) is 0.500. The number of hydrogen-bond donors (Lipinski definition) is 1. The second kappa shape index (κ2) is 6.02. The zero-order chi connectivity index (χ0) is 14.7. The van der Waals surface area contributed by atoms with Gasteiger partial charge in [-0.3, -0.25) is 4.68 Å². The summed E-state index contributed by atoms with van der Waals surface area (Å²) < 4.78 is 2.15. The van der Waals surface area contributed by atoms with Crippen LogP contribution >= 0.6 is 0 Å². The van der Waals surface area contributed by atoms with Gasteiger partial charge < -0.3 is 5.32 Å². The number of benzene rings is 1. The first kappa shape index (κ1) is 14.3. The van der Waals surface area contributed by atoms with Crippen LogP contribution in [0.1, 0.15) is 44.0 Å². The number of aromatic nitrogens is 2. The summed E-state index contributed by atoms with van der Waals surface area (Å²) in [6, 6.07) is 13.6. The van der Waals surface area contributed by atoms with E-state index in [2.05, 4.69) is 66.4 Å². The molecule has 3 rings (SSSR count). The van der Waals surface area contributed by atoms with Gasteiger partial charge in [0.15, 0.2) is 0 Å². The lowest BCUT2D eigenvalue weighted by atomic mass is 9.72. The van der Waals surface area contributed by atoms with Crippen molar-refractivity contribution in [3.63, 3.8) is 0 Å². The minimum Gasteiger partial charge on any atom is -0.315 e. The molecule has 3 nitrogen and oxygen atoms in total. The van der Waals surface area contributed by atoms with E-state index in [1.807, 2.05) is 0 Å². The largest absolute Gasteiger partial charge is 0.315 e. The highest BCUT2D eigenvalue weighted by Gasteiger charge is 2.39. The molecule has 0 unspecified atom stereocenters. The van der Waals surface area contributed by atoms with Crippen LogP contribution in [-0.4, -0.2) is 22.9 Å². The van der Waals surface area contributed by atoms with Crippen LogP contribution in [0.3, 0.4) is 0 Å². The van der Waals surface area contributed by atoms with E-state index in [1.54, 1.807) is 0 Å². The van der Waals surface area contributed by atoms with Gasteiger partial charge in [-0.15, -0.1) is 0 Å². The molecule has 1 aromatic carbocycles. The molecule has 0 spiro atoms. The minimum absolute atomic E-state index is 0.231. The molecule has 0 aliphatic carbocycles. The number of rotatable bonds is 6. The van der Waals surface area contributed by atoms with Gasteiger partial charge in [0.05, 0.1) is 11.7 Å². The minimum atomic E-state index is 0.231. The fourth-order valence-corrected chi connectivity index (χ4v) is 3.33. The molecular weight excluding hydrogens is 258 g/mol. The zero-order valence-electron chi connectivity index (χ0n) is 13.0. The van der Waals surface area contributed by atoms with Crippen molar-refractivity contribution in [1.29, 1.82) is 0 Å². The summed E-state index contributed by atoms with van der Waals surface area (Å²) in [7, 11) is 0. The molecule has 3 heteroatoms. The summed E-state index contributed by atoms with van der Waals surface area (Å²) >= 11 is 0. The lowest BCUT2D eigenvalue weighted by Gasteiger charge is -2.43. The summed E-state index contributed by atoms with van der Waals surface area (Å²) in [6.45, 7) is 6.57. The lowest BCUT2D eigenvalue weighted by molar-refractivity contribution is 0.271. The van der Waals surface area contributed by atoms with Crippen LogP contribution in [0.5, 0.6) is 0 Å². The Balaban J connectivity index is 1.79. The van der Waals surface area contributed by atoms with Crippen molar-refractivity contribution in [3.05, 3.63) is 53.9 Å². The fourth-order valence-electron chi connectivity index (χ4n) is 3.33. The molecule has 21 heavy (non-hydrogen) atoms. The van der Waals surface area contributed by atoms with Crippen LogP contribution in [0.15, 0.2) is 42.6 Å². The molecule has 0 saturated carbocycles. The molecule has 0 atom stereocenters. The predicted molar refractivity (Wildman–Crippen MR) is 86.5 cm³/mol. The van der Waals surface area contributed by atoms with Gasteiger partial charge in [-0.1, -0.05) is 44.2 Å². The van der Waals surface area contributed by atoms with Crippen molar-refractivity contribution in [2.45, 2.75) is 44.6 Å². The zero-order valence-corrected chi connectivity index (χ0v) is 13.0. The molecule has 0 amide bonds. The third-order valence-corrected chi connectivity index (χ3v) is 4.81. The predicted octanol–water partition coefficient (Wildman–Crippen LogP) is 3.33. The third kappa shape index (κ3) is 2.75. The van der Waals surface area contributed by atoms with E-state index in [4.69, 9.17) is 5.10 Å². The molecule has 0 radical (unpaired) electrons. The number of nitrogens with zero attached hydrogens (tertiary/aromatic N) is 2. The van der Waals surface area contributed by atoms with Crippen molar-refractivity contribution >= 4 is 0 Å². The van der Waals surface area contributed by atoms with Crippen LogP contribution < -0.4 is 5.32 Å². The van der Waals surface area contributed by atoms with E-state index in [-0.39, 0.29) is 5.41 Å². The Morgan fingerprint density at radius 3 is 2.43 bits per heavy atom. The van der Waals surface area contributed by atoms with Gasteiger partial charge in [-0.25, -0.2) is 0 Å². The first-order valence-electron chi connectivity index (χ1n) is 8.07. The topological polar surface area (TPSA) is 29.9 Å². The second-order valence-corrected chi connectivity index (χ2v) is 6.18. The summed E-state index contributed by atoms with van der Waals surface area (Å²) in [6.07, 6.45) is 5.46. The molecule has 112 valence electrons. The molecular formula is C18H25N3. The highest BCUT2D eigenvalue weighted by molar-refractivity contribution is 5.31. The lowest BCUT2D eigenvalue weighted by Crippen LogP contribution is -2.58. The van der Waals surface area contributed by atoms with E-state index < -0.39 is 0 Å². The number of hydrogen-bond acceptors (Lipinski definition) is 2. The summed E-state index contributed by atoms with van der Waals surface area (Å²) in [5.41, 5.74) is 2.88. The molecule has 2 heterocycles. The van der Waals surface area contributed by atoms with Gasteiger partial charge in [0, 0.05) is 31.1 Å². The molecule has 1 N–H and O–H groups in total. The standard InChI is InChI=1S/C18H25N3/c1-3-17(4-2)21-11-10-16(20-21)12-18(13-19-14-18)15-8-6-5-7-9-15/h5-11,17,19H,3-4,12-14H2,1-2H3. The average molecular weight is 283 g/mol. The Morgan fingerprint density at radius 1 is 1.14 bits per heavy atom. The van der Waals surface area contributed by atoms with Gasteiger partial charge in [0.2, 0.25) is 0 Å². The molecule has 0 bridgehead atoms. The Bertz CT molecular complexity index is 565. The molecule has 2 aromatic rings. The van der Waals surface area contributed by atoms with E-state index >= 15 is 0 Å². The monoisotopic (exact) mass is 283 g/mol.